The molecule has 0 aliphatic heterocycles. The van der Waals surface area contributed by atoms with Crippen molar-refractivity contribution in [3.63, 3.8) is 0 Å². The van der Waals surface area contributed by atoms with Crippen LogP contribution in [0.1, 0.15) is 17.0 Å². The highest BCUT2D eigenvalue weighted by Crippen LogP contribution is 2.29. The van der Waals surface area contributed by atoms with Crippen molar-refractivity contribution in [2.45, 2.75) is 19.1 Å². The molecule has 136 valence electrons. The van der Waals surface area contributed by atoms with Gasteiger partial charge in [0.15, 0.2) is 0 Å². The van der Waals surface area contributed by atoms with Gasteiger partial charge >= 0.3 is 12.1 Å². The molecule has 0 atom stereocenters. The molecule has 0 fully saturated rings. The smallest absolute Gasteiger partial charge is 0.468 e. The minimum Gasteiger partial charge on any atom is -0.468 e. The van der Waals surface area contributed by atoms with Crippen molar-refractivity contribution in [1.82, 2.24) is 19.9 Å². The third-order valence-corrected chi connectivity index (χ3v) is 3.49. The quantitative estimate of drug-likeness (QED) is 0.472. The molecule has 2 heterocycles. The molecule has 3 rings (SSSR count). The summed E-state index contributed by atoms with van der Waals surface area (Å²) in [6.45, 7) is 1.16. The van der Waals surface area contributed by atoms with Gasteiger partial charge in [0, 0.05) is 18.2 Å². The summed E-state index contributed by atoms with van der Waals surface area (Å²) in [7, 11) is 0. The Labute approximate surface area is 145 Å². The molecule has 0 spiro atoms. The van der Waals surface area contributed by atoms with Gasteiger partial charge in [-0.25, -0.2) is 0 Å². The Kier molecular flexibility index (Phi) is 5.01. The van der Waals surface area contributed by atoms with Gasteiger partial charge in [0.1, 0.15) is 0 Å². The van der Waals surface area contributed by atoms with Gasteiger partial charge < -0.3 is 9.26 Å². The molecule has 3 aromatic rings. The third-order valence-electron chi connectivity index (χ3n) is 3.49. The van der Waals surface area contributed by atoms with Crippen molar-refractivity contribution in [3.8, 4) is 11.4 Å². The minimum atomic E-state index is -4.67. The van der Waals surface area contributed by atoms with Gasteiger partial charge in [0.25, 0.3) is 6.47 Å². The van der Waals surface area contributed by atoms with E-state index < -0.39 is 12.1 Å². The first kappa shape index (κ1) is 17.6. The van der Waals surface area contributed by atoms with Crippen LogP contribution in [0.2, 0.25) is 0 Å². The summed E-state index contributed by atoms with van der Waals surface area (Å²) in [4.78, 5) is 13.5. The maximum atomic E-state index is 12.5. The topological polar surface area (TPSA) is 83.0 Å². The molecule has 2 aromatic heterocycles. The number of hydrogen-bond acceptors (Lipinski definition) is 6. The Morgan fingerprint density at radius 3 is 2.62 bits per heavy atom. The van der Waals surface area contributed by atoms with E-state index >= 15 is 0 Å². The standard InChI is InChI=1S/C16H13F3N4O3/c17-16(18,19)15-21-14(22-26-15)13-3-1-11(2-4-13)8-23-9-12(7-20-23)5-6-25-10-24/h1-4,7,9-10H,5-6,8H2. The molecular formula is C16H13F3N4O3. The first-order valence-electron chi connectivity index (χ1n) is 7.52. The number of rotatable bonds is 7. The lowest BCUT2D eigenvalue weighted by atomic mass is 10.1. The summed E-state index contributed by atoms with van der Waals surface area (Å²) >= 11 is 0. The first-order valence-corrected chi connectivity index (χ1v) is 7.52. The van der Waals surface area contributed by atoms with Gasteiger partial charge in [-0.3, -0.25) is 9.48 Å². The molecule has 1 aromatic carbocycles. The fourth-order valence-electron chi connectivity index (χ4n) is 2.25. The molecule has 0 aliphatic carbocycles. The Morgan fingerprint density at radius 2 is 1.96 bits per heavy atom. The number of carbonyl (C=O) groups is 1. The van der Waals surface area contributed by atoms with Crippen LogP contribution in [0.15, 0.2) is 41.2 Å². The van der Waals surface area contributed by atoms with Crippen LogP contribution in [-0.2, 0) is 28.7 Å². The van der Waals surface area contributed by atoms with E-state index in [2.05, 4.69) is 24.5 Å². The van der Waals surface area contributed by atoms with Gasteiger partial charge in [0.2, 0.25) is 5.82 Å². The lowest BCUT2D eigenvalue weighted by molar-refractivity contribution is -0.159. The normalized spacial score (nSPS) is 11.5. The Balaban J connectivity index is 1.64. The second-order valence-corrected chi connectivity index (χ2v) is 5.38. The van der Waals surface area contributed by atoms with E-state index in [1.165, 1.54) is 0 Å². The number of alkyl halides is 3. The predicted octanol–water partition coefficient (Wildman–Crippen LogP) is 2.72. The van der Waals surface area contributed by atoms with E-state index in [4.69, 9.17) is 0 Å². The molecule has 0 saturated heterocycles. The van der Waals surface area contributed by atoms with Crippen molar-refractivity contribution in [1.29, 1.82) is 0 Å². The molecule has 0 saturated carbocycles. The van der Waals surface area contributed by atoms with Crippen LogP contribution < -0.4 is 0 Å². The maximum Gasteiger partial charge on any atom is 0.471 e. The number of ether oxygens (including phenoxy) is 1. The van der Waals surface area contributed by atoms with Crippen LogP contribution in [0.5, 0.6) is 0 Å². The minimum absolute atomic E-state index is 0.125. The van der Waals surface area contributed by atoms with E-state index in [-0.39, 0.29) is 12.4 Å². The first-order chi connectivity index (χ1) is 12.5. The molecule has 7 nitrogen and oxygen atoms in total. The number of benzene rings is 1. The molecule has 26 heavy (non-hydrogen) atoms. The second-order valence-electron chi connectivity index (χ2n) is 5.38. The lowest BCUT2D eigenvalue weighted by Crippen LogP contribution is -2.04. The van der Waals surface area contributed by atoms with Gasteiger partial charge in [-0.15, -0.1) is 0 Å². The van der Waals surface area contributed by atoms with Gasteiger partial charge in [-0.1, -0.05) is 29.4 Å². The highest BCUT2D eigenvalue weighted by Gasteiger charge is 2.38. The van der Waals surface area contributed by atoms with Crippen molar-refractivity contribution < 1.29 is 27.2 Å². The highest BCUT2D eigenvalue weighted by molar-refractivity contribution is 5.54. The molecular weight excluding hydrogens is 353 g/mol. The zero-order valence-corrected chi connectivity index (χ0v) is 13.3. The van der Waals surface area contributed by atoms with Crippen LogP contribution in [-0.4, -0.2) is 33.0 Å². The van der Waals surface area contributed by atoms with E-state index in [0.29, 0.717) is 25.0 Å². The molecule has 0 amide bonds. The molecule has 0 unspecified atom stereocenters. The van der Waals surface area contributed by atoms with Crippen molar-refractivity contribution in [2.24, 2.45) is 0 Å². The van der Waals surface area contributed by atoms with Gasteiger partial charge in [-0.2, -0.15) is 23.3 Å². The molecule has 0 radical (unpaired) electrons. The van der Waals surface area contributed by atoms with E-state index in [9.17, 15) is 18.0 Å². The van der Waals surface area contributed by atoms with Crippen molar-refractivity contribution in [3.05, 3.63) is 53.7 Å². The van der Waals surface area contributed by atoms with Crippen molar-refractivity contribution >= 4 is 6.47 Å². The molecule has 0 bridgehead atoms. The zero-order valence-electron chi connectivity index (χ0n) is 13.3. The number of hydrogen-bond donors (Lipinski definition) is 0. The summed E-state index contributed by atoms with van der Waals surface area (Å²) in [5.41, 5.74) is 2.24. The SMILES string of the molecule is O=COCCc1cnn(Cc2ccc(-c3noc(C(F)(F)F)n3)cc2)c1. The third kappa shape index (κ3) is 4.26. The summed E-state index contributed by atoms with van der Waals surface area (Å²) in [6, 6.07) is 6.72. The summed E-state index contributed by atoms with van der Waals surface area (Å²) < 4.78 is 48.0. The Hall–Kier alpha value is -3.17. The monoisotopic (exact) mass is 366 g/mol. The van der Waals surface area contributed by atoms with Crippen LogP contribution in [0.4, 0.5) is 13.2 Å². The molecule has 0 aliphatic rings. The predicted molar refractivity (Wildman–Crippen MR) is 81.8 cm³/mol. The second kappa shape index (κ2) is 7.38. The zero-order chi connectivity index (χ0) is 18.6. The maximum absolute atomic E-state index is 12.5. The molecule has 0 N–H and O–H groups in total. The number of nitrogens with zero attached hydrogens (tertiary/aromatic N) is 4. The Morgan fingerprint density at radius 1 is 1.19 bits per heavy atom. The number of halogens is 3. The fourth-order valence-corrected chi connectivity index (χ4v) is 2.25. The van der Waals surface area contributed by atoms with Gasteiger partial charge in [0.05, 0.1) is 19.3 Å². The van der Waals surface area contributed by atoms with Gasteiger partial charge in [-0.05, 0) is 11.1 Å². The van der Waals surface area contributed by atoms with Crippen LogP contribution in [0.25, 0.3) is 11.4 Å². The summed E-state index contributed by atoms with van der Waals surface area (Å²) in [6.07, 6.45) is -0.589. The highest BCUT2D eigenvalue weighted by atomic mass is 19.4. The van der Waals surface area contributed by atoms with Crippen LogP contribution in [0, 0.1) is 0 Å². The fraction of sp³-hybridized carbons (Fsp3) is 0.250. The largest absolute Gasteiger partial charge is 0.471 e. The van der Waals surface area contributed by atoms with Crippen LogP contribution >= 0.6 is 0 Å². The average Bonchev–Trinajstić information content (AvgIpc) is 3.25. The van der Waals surface area contributed by atoms with E-state index in [0.717, 1.165) is 11.1 Å². The van der Waals surface area contributed by atoms with E-state index in [1.54, 1.807) is 35.1 Å². The number of aromatic nitrogens is 4. The molecule has 10 heteroatoms. The summed E-state index contributed by atoms with van der Waals surface area (Å²) in [5, 5.41) is 7.55. The van der Waals surface area contributed by atoms with Crippen LogP contribution in [0.3, 0.4) is 0 Å². The average molecular weight is 366 g/mol. The van der Waals surface area contributed by atoms with E-state index in [1.807, 2.05) is 6.20 Å². The lowest BCUT2D eigenvalue weighted by Gasteiger charge is -2.03. The summed E-state index contributed by atoms with van der Waals surface area (Å²) in [5.74, 6) is -1.50. The van der Waals surface area contributed by atoms with Crippen molar-refractivity contribution in [2.75, 3.05) is 6.61 Å². The Bertz CT molecular complexity index is 871. The number of carbonyl (C=O) groups excluding carboxylic acids is 1.